The summed E-state index contributed by atoms with van der Waals surface area (Å²) in [6.07, 6.45) is 1.88. The number of nitrogens with one attached hydrogen (secondary N) is 2. The second kappa shape index (κ2) is 8.86. The van der Waals surface area contributed by atoms with Crippen LogP contribution in [0.25, 0.3) is 0 Å². The van der Waals surface area contributed by atoms with Crippen LogP contribution in [-0.4, -0.2) is 20.0 Å². The van der Waals surface area contributed by atoms with Gasteiger partial charge in [-0.2, -0.15) is 0 Å². The van der Waals surface area contributed by atoms with Gasteiger partial charge < -0.3 is 10.6 Å². The lowest BCUT2D eigenvalue weighted by Gasteiger charge is -2.32. The highest BCUT2D eigenvalue weighted by Crippen LogP contribution is 2.36. The predicted molar refractivity (Wildman–Crippen MR) is 101 cm³/mol. The van der Waals surface area contributed by atoms with Crippen molar-refractivity contribution in [1.82, 2.24) is 10.6 Å². The van der Waals surface area contributed by atoms with E-state index in [0.29, 0.717) is 5.02 Å². The van der Waals surface area contributed by atoms with E-state index in [9.17, 15) is 4.79 Å². The largest absolute Gasteiger partial charge is 0.345 e. The Balaban J connectivity index is 0.000000647. The SMILES string of the molecule is CCCC1C(=O)NC(c2ccc(Cl)cc2)c2ccccc21.CNC. The highest BCUT2D eigenvalue weighted by Gasteiger charge is 2.32. The number of carbonyl (C=O) groups excluding carboxylic acids is 1. The standard InChI is InChI=1S/C18H18ClNO.C2H7N/c1-2-5-16-14-6-3-4-7-15(14)17(20-18(16)21)12-8-10-13(19)11-9-12;1-3-2/h3-4,6-11,16-17H,2,5H2,1H3,(H,20,21);3H,1-2H3. The minimum absolute atomic E-state index is 0.0326. The van der Waals surface area contributed by atoms with Crippen molar-refractivity contribution in [2.75, 3.05) is 14.1 Å². The molecule has 0 spiro atoms. The third kappa shape index (κ3) is 4.16. The number of amides is 1. The number of rotatable bonds is 3. The second-order valence-electron chi connectivity index (χ2n) is 5.96. The Morgan fingerprint density at radius 3 is 2.21 bits per heavy atom. The monoisotopic (exact) mass is 344 g/mol. The fourth-order valence-corrected chi connectivity index (χ4v) is 3.17. The van der Waals surface area contributed by atoms with Crippen LogP contribution in [0, 0.1) is 0 Å². The summed E-state index contributed by atoms with van der Waals surface area (Å²) in [5, 5.41) is 6.62. The third-order valence-corrected chi connectivity index (χ3v) is 4.32. The summed E-state index contributed by atoms with van der Waals surface area (Å²) in [6, 6.07) is 15.8. The van der Waals surface area contributed by atoms with Gasteiger partial charge in [0, 0.05) is 5.02 Å². The number of fused-ring (bicyclic) bond motifs is 1. The summed E-state index contributed by atoms with van der Waals surface area (Å²) in [5.41, 5.74) is 3.41. The Morgan fingerprint density at radius 2 is 1.62 bits per heavy atom. The van der Waals surface area contributed by atoms with Crippen LogP contribution in [0.15, 0.2) is 48.5 Å². The first kappa shape index (κ1) is 18.5. The smallest absolute Gasteiger partial charge is 0.228 e. The maximum Gasteiger partial charge on any atom is 0.228 e. The van der Waals surface area contributed by atoms with Crippen LogP contribution in [0.3, 0.4) is 0 Å². The van der Waals surface area contributed by atoms with Gasteiger partial charge in [0.15, 0.2) is 0 Å². The van der Waals surface area contributed by atoms with Crippen molar-refractivity contribution in [1.29, 1.82) is 0 Å². The van der Waals surface area contributed by atoms with Crippen LogP contribution >= 0.6 is 11.6 Å². The van der Waals surface area contributed by atoms with E-state index in [4.69, 9.17) is 11.6 Å². The maximum absolute atomic E-state index is 12.5. The molecule has 2 aromatic carbocycles. The Labute approximate surface area is 149 Å². The number of hydrogen-bond donors (Lipinski definition) is 2. The van der Waals surface area contributed by atoms with E-state index in [1.165, 1.54) is 5.56 Å². The predicted octanol–water partition coefficient (Wildman–Crippen LogP) is 4.28. The number of halogens is 1. The zero-order valence-corrected chi connectivity index (χ0v) is 15.2. The van der Waals surface area contributed by atoms with E-state index < -0.39 is 0 Å². The molecule has 0 saturated heterocycles. The van der Waals surface area contributed by atoms with Gasteiger partial charge in [-0.05, 0) is 49.3 Å². The second-order valence-corrected chi connectivity index (χ2v) is 6.40. The Morgan fingerprint density at radius 1 is 1.04 bits per heavy atom. The van der Waals surface area contributed by atoms with E-state index in [2.05, 4.69) is 29.7 Å². The lowest BCUT2D eigenvalue weighted by molar-refractivity contribution is -0.123. The van der Waals surface area contributed by atoms with Crippen molar-refractivity contribution >= 4 is 17.5 Å². The van der Waals surface area contributed by atoms with Crippen molar-refractivity contribution in [3.05, 3.63) is 70.2 Å². The van der Waals surface area contributed by atoms with E-state index in [-0.39, 0.29) is 17.9 Å². The molecule has 0 fully saturated rings. The molecule has 1 aliphatic rings. The van der Waals surface area contributed by atoms with E-state index in [0.717, 1.165) is 24.0 Å². The average Bonchev–Trinajstić information content (AvgIpc) is 2.59. The first-order valence-electron chi connectivity index (χ1n) is 8.35. The first-order chi connectivity index (χ1) is 11.6. The van der Waals surface area contributed by atoms with Gasteiger partial charge in [-0.1, -0.05) is 61.3 Å². The number of carbonyl (C=O) groups is 1. The molecular weight excluding hydrogens is 320 g/mol. The Bertz CT molecular complexity index is 670. The molecule has 0 saturated carbocycles. The summed E-state index contributed by atoms with van der Waals surface area (Å²) in [5.74, 6) is 0.0882. The molecular formula is C20H25ClN2O. The molecule has 0 aliphatic carbocycles. The molecule has 3 nitrogen and oxygen atoms in total. The normalized spacial score (nSPS) is 18.9. The summed E-state index contributed by atoms with van der Waals surface area (Å²) in [6.45, 7) is 2.11. The minimum Gasteiger partial charge on any atom is -0.345 e. The van der Waals surface area contributed by atoms with Gasteiger partial charge in [-0.3, -0.25) is 4.79 Å². The van der Waals surface area contributed by atoms with Gasteiger partial charge in [0.05, 0.1) is 12.0 Å². The molecule has 128 valence electrons. The fraction of sp³-hybridized carbons (Fsp3) is 0.350. The molecule has 2 N–H and O–H groups in total. The van der Waals surface area contributed by atoms with Gasteiger partial charge >= 0.3 is 0 Å². The van der Waals surface area contributed by atoms with Gasteiger partial charge in [-0.25, -0.2) is 0 Å². The summed E-state index contributed by atoms with van der Waals surface area (Å²) in [4.78, 5) is 12.5. The Kier molecular flexibility index (Phi) is 6.83. The van der Waals surface area contributed by atoms with Crippen molar-refractivity contribution in [3.63, 3.8) is 0 Å². The van der Waals surface area contributed by atoms with Crippen LogP contribution in [-0.2, 0) is 4.79 Å². The molecule has 2 atom stereocenters. The molecule has 0 radical (unpaired) electrons. The van der Waals surface area contributed by atoms with E-state index >= 15 is 0 Å². The molecule has 0 bridgehead atoms. The summed E-state index contributed by atoms with van der Waals surface area (Å²) in [7, 11) is 3.75. The number of hydrogen-bond acceptors (Lipinski definition) is 2. The molecule has 1 amide bonds. The van der Waals surface area contributed by atoms with Crippen molar-refractivity contribution in [2.24, 2.45) is 0 Å². The first-order valence-corrected chi connectivity index (χ1v) is 8.73. The molecule has 1 aliphatic heterocycles. The van der Waals surface area contributed by atoms with Gasteiger partial charge in [-0.15, -0.1) is 0 Å². The molecule has 3 rings (SSSR count). The third-order valence-electron chi connectivity index (χ3n) is 4.07. The highest BCUT2D eigenvalue weighted by molar-refractivity contribution is 6.30. The highest BCUT2D eigenvalue weighted by atomic mass is 35.5. The van der Waals surface area contributed by atoms with Crippen LogP contribution in [0.5, 0.6) is 0 Å². The maximum atomic E-state index is 12.5. The molecule has 24 heavy (non-hydrogen) atoms. The molecule has 2 unspecified atom stereocenters. The lowest BCUT2D eigenvalue weighted by atomic mass is 9.81. The molecule has 1 heterocycles. The van der Waals surface area contributed by atoms with Crippen LogP contribution in [0.4, 0.5) is 0 Å². The zero-order chi connectivity index (χ0) is 17.5. The number of benzene rings is 2. The van der Waals surface area contributed by atoms with Gasteiger partial charge in [0.2, 0.25) is 5.91 Å². The van der Waals surface area contributed by atoms with Crippen LogP contribution in [0.1, 0.15) is 48.4 Å². The van der Waals surface area contributed by atoms with Crippen molar-refractivity contribution < 1.29 is 4.79 Å². The summed E-state index contributed by atoms with van der Waals surface area (Å²) >= 11 is 5.96. The van der Waals surface area contributed by atoms with E-state index in [1.807, 2.05) is 50.5 Å². The molecule has 0 aromatic heterocycles. The molecule has 4 heteroatoms. The van der Waals surface area contributed by atoms with Crippen LogP contribution in [0.2, 0.25) is 5.02 Å². The Hall–Kier alpha value is -1.84. The van der Waals surface area contributed by atoms with Crippen molar-refractivity contribution in [3.8, 4) is 0 Å². The van der Waals surface area contributed by atoms with E-state index in [1.54, 1.807) is 0 Å². The zero-order valence-electron chi connectivity index (χ0n) is 14.5. The average molecular weight is 345 g/mol. The van der Waals surface area contributed by atoms with Gasteiger partial charge in [0.1, 0.15) is 0 Å². The topological polar surface area (TPSA) is 41.1 Å². The molecule has 2 aromatic rings. The fourth-order valence-electron chi connectivity index (χ4n) is 3.05. The summed E-state index contributed by atoms with van der Waals surface area (Å²) < 4.78 is 0. The van der Waals surface area contributed by atoms with Crippen molar-refractivity contribution in [2.45, 2.75) is 31.7 Å². The van der Waals surface area contributed by atoms with Crippen LogP contribution < -0.4 is 10.6 Å². The van der Waals surface area contributed by atoms with Gasteiger partial charge in [0.25, 0.3) is 0 Å². The quantitative estimate of drug-likeness (QED) is 0.872. The minimum atomic E-state index is -0.0842. The lowest BCUT2D eigenvalue weighted by Crippen LogP contribution is -2.39.